The van der Waals surface area contributed by atoms with Gasteiger partial charge in [0.1, 0.15) is 17.4 Å². The van der Waals surface area contributed by atoms with Crippen LogP contribution < -0.4 is 16.0 Å². The standard InChI is InChI=1S/C20H23FN6O2/c21-16-7-4-8-17(15(16)13-22)27-12-10-18(26-27)25-19(28)9-11-23-20(29)24-14-5-2-1-3-6-14/h4,7-8,10,12,14H,1-3,5-6,9,11H2,(H2,23,24,29)(H,25,26,28). The SMILES string of the molecule is N#Cc1c(F)cccc1-n1ccc(NC(=O)CCNC(=O)NC2CCCCC2)n1. The Kier molecular flexibility index (Phi) is 6.79. The highest BCUT2D eigenvalue weighted by Crippen LogP contribution is 2.18. The Morgan fingerprint density at radius 2 is 2.03 bits per heavy atom. The van der Waals surface area contributed by atoms with Crippen molar-refractivity contribution in [3.8, 4) is 11.8 Å². The third-order valence-electron chi connectivity index (χ3n) is 4.78. The van der Waals surface area contributed by atoms with Crippen LogP contribution in [0.15, 0.2) is 30.5 Å². The predicted octanol–water partition coefficient (Wildman–Crippen LogP) is 2.84. The zero-order valence-electron chi connectivity index (χ0n) is 15.9. The summed E-state index contributed by atoms with van der Waals surface area (Å²) in [5.74, 6) is -0.675. The highest BCUT2D eigenvalue weighted by atomic mass is 19.1. The number of hydrogen-bond donors (Lipinski definition) is 3. The Hall–Kier alpha value is -3.41. The predicted molar refractivity (Wildman–Crippen MR) is 105 cm³/mol. The van der Waals surface area contributed by atoms with Crippen LogP contribution in [0.4, 0.5) is 15.0 Å². The van der Waals surface area contributed by atoms with Gasteiger partial charge in [0, 0.05) is 31.3 Å². The molecule has 152 valence electrons. The molecule has 0 radical (unpaired) electrons. The van der Waals surface area contributed by atoms with Crippen molar-refractivity contribution in [1.82, 2.24) is 20.4 Å². The average molecular weight is 398 g/mol. The van der Waals surface area contributed by atoms with E-state index in [1.165, 1.54) is 29.4 Å². The van der Waals surface area contributed by atoms with Crippen LogP contribution in [0.3, 0.4) is 0 Å². The summed E-state index contributed by atoms with van der Waals surface area (Å²) in [7, 11) is 0. The van der Waals surface area contributed by atoms with E-state index in [9.17, 15) is 14.0 Å². The first-order chi connectivity index (χ1) is 14.1. The quantitative estimate of drug-likeness (QED) is 0.694. The number of nitriles is 1. The number of rotatable bonds is 6. The van der Waals surface area contributed by atoms with Gasteiger partial charge in [0.05, 0.1) is 5.69 Å². The summed E-state index contributed by atoms with van der Waals surface area (Å²) in [4.78, 5) is 23.9. The molecule has 2 aromatic rings. The maximum Gasteiger partial charge on any atom is 0.315 e. The lowest BCUT2D eigenvalue weighted by Crippen LogP contribution is -2.43. The molecule has 0 bridgehead atoms. The summed E-state index contributed by atoms with van der Waals surface area (Å²) in [5, 5.41) is 21.5. The Morgan fingerprint density at radius 1 is 1.24 bits per heavy atom. The van der Waals surface area contributed by atoms with Crippen molar-refractivity contribution in [2.24, 2.45) is 0 Å². The molecule has 1 fully saturated rings. The maximum atomic E-state index is 13.7. The molecule has 1 saturated carbocycles. The van der Waals surface area contributed by atoms with E-state index >= 15 is 0 Å². The average Bonchev–Trinajstić information content (AvgIpc) is 3.16. The summed E-state index contributed by atoms with van der Waals surface area (Å²) in [6.07, 6.45) is 7.09. The van der Waals surface area contributed by atoms with Gasteiger partial charge in [-0.2, -0.15) is 10.4 Å². The van der Waals surface area contributed by atoms with Gasteiger partial charge < -0.3 is 16.0 Å². The van der Waals surface area contributed by atoms with Crippen LogP contribution in [0.1, 0.15) is 44.1 Å². The summed E-state index contributed by atoms with van der Waals surface area (Å²) < 4.78 is 15.1. The lowest BCUT2D eigenvalue weighted by molar-refractivity contribution is -0.116. The zero-order valence-corrected chi connectivity index (χ0v) is 15.9. The topological polar surface area (TPSA) is 112 Å². The molecule has 1 aliphatic rings. The number of aromatic nitrogens is 2. The summed E-state index contributed by atoms with van der Waals surface area (Å²) >= 11 is 0. The van der Waals surface area contributed by atoms with Crippen LogP contribution in [-0.2, 0) is 4.79 Å². The molecule has 3 amide bonds. The molecule has 0 spiro atoms. The van der Waals surface area contributed by atoms with E-state index in [1.54, 1.807) is 12.1 Å². The summed E-state index contributed by atoms with van der Waals surface area (Å²) in [5.41, 5.74) is 0.163. The van der Waals surface area contributed by atoms with Crippen LogP contribution >= 0.6 is 0 Å². The normalized spacial score (nSPS) is 14.1. The van der Waals surface area contributed by atoms with Crippen molar-refractivity contribution in [2.75, 3.05) is 11.9 Å². The molecule has 0 saturated heterocycles. The summed E-state index contributed by atoms with van der Waals surface area (Å²) in [6.45, 7) is 0.202. The largest absolute Gasteiger partial charge is 0.338 e. The fourth-order valence-electron chi connectivity index (χ4n) is 3.32. The maximum absolute atomic E-state index is 13.7. The second-order valence-electron chi connectivity index (χ2n) is 6.92. The van der Waals surface area contributed by atoms with Crippen LogP contribution in [0.2, 0.25) is 0 Å². The molecular weight excluding hydrogens is 375 g/mol. The van der Waals surface area contributed by atoms with E-state index in [-0.39, 0.29) is 48.0 Å². The Balaban J connectivity index is 1.46. The Labute approximate surface area is 168 Å². The number of urea groups is 1. The molecule has 1 aliphatic carbocycles. The number of benzene rings is 1. The van der Waals surface area contributed by atoms with E-state index in [0.717, 1.165) is 25.7 Å². The number of amides is 3. The van der Waals surface area contributed by atoms with E-state index in [0.29, 0.717) is 0 Å². The minimum Gasteiger partial charge on any atom is -0.338 e. The van der Waals surface area contributed by atoms with Crippen LogP contribution in [0.25, 0.3) is 5.69 Å². The van der Waals surface area contributed by atoms with Crippen molar-refractivity contribution in [3.63, 3.8) is 0 Å². The van der Waals surface area contributed by atoms with Gasteiger partial charge in [0.15, 0.2) is 5.82 Å². The van der Waals surface area contributed by atoms with Crippen molar-refractivity contribution >= 4 is 17.8 Å². The molecule has 1 heterocycles. The van der Waals surface area contributed by atoms with Gasteiger partial charge in [-0.1, -0.05) is 25.3 Å². The summed E-state index contributed by atoms with van der Waals surface area (Å²) in [6, 6.07) is 7.56. The number of nitrogens with one attached hydrogen (secondary N) is 3. The highest BCUT2D eigenvalue weighted by molar-refractivity contribution is 5.90. The van der Waals surface area contributed by atoms with Gasteiger partial charge in [-0.25, -0.2) is 13.9 Å². The Bertz CT molecular complexity index is 914. The second-order valence-corrected chi connectivity index (χ2v) is 6.92. The van der Waals surface area contributed by atoms with Crippen molar-refractivity contribution in [3.05, 3.63) is 41.8 Å². The first kappa shape index (κ1) is 20.3. The molecule has 3 N–H and O–H groups in total. The molecule has 9 heteroatoms. The Morgan fingerprint density at radius 3 is 2.79 bits per heavy atom. The first-order valence-electron chi connectivity index (χ1n) is 9.65. The van der Waals surface area contributed by atoms with E-state index in [2.05, 4.69) is 21.0 Å². The van der Waals surface area contributed by atoms with Crippen LogP contribution in [0, 0.1) is 17.1 Å². The van der Waals surface area contributed by atoms with Crippen LogP contribution in [-0.4, -0.2) is 34.3 Å². The number of carbonyl (C=O) groups is 2. The van der Waals surface area contributed by atoms with Crippen molar-refractivity contribution in [2.45, 2.75) is 44.6 Å². The smallest absolute Gasteiger partial charge is 0.315 e. The number of halogens is 1. The van der Waals surface area contributed by atoms with Gasteiger partial charge in [-0.15, -0.1) is 0 Å². The monoisotopic (exact) mass is 398 g/mol. The molecular formula is C20H23FN6O2. The number of hydrogen-bond acceptors (Lipinski definition) is 4. The number of anilines is 1. The second kappa shape index (κ2) is 9.68. The molecule has 3 rings (SSSR count). The molecule has 8 nitrogen and oxygen atoms in total. The van der Waals surface area contributed by atoms with Gasteiger partial charge >= 0.3 is 6.03 Å². The van der Waals surface area contributed by atoms with Gasteiger partial charge in [0.2, 0.25) is 5.91 Å². The minimum atomic E-state index is -0.635. The lowest BCUT2D eigenvalue weighted by atomic mass is 9.96. The molecule has 0 atom stereocenters. The highest BCUT2D eigenvalue weighted by Gasteiger charge is 2.16. The van der Waals surface area contributed by atoms with Crippen molar-refractivity contribution < 1.29 is 14.0 Å². The van der Waals surface area contributed by atoms with E-state index in [4.69, 9.17) is 5.26 Å². The van der Waals surface area contributed by atoms with E-state index < -0.39 is 5.82 Å². The molecule has 29 heavy (non-hydrogen) atoms. The molecule has 1 aromatic heterocycles. The van der Waals surface area contributed by atoms with Gasteiger partial charge in [0.25, 0.3) is 0 Å². The third kappa shape index (κ3) is 5.54. The van der Waals surface area contributed by atoms with Gasteiger partial charge in [-0.05, 0) is 25.0 Å². The molecule has 0 aliphatic heterocycles. The fourth-order valence-corrected chi connectivity index (χ4v) is 3.32. The van der Waals surface area contributed by atoms with Gasteiger partial charge in [-0.3, -0.25) is 4.79 Å². The third-order valence-corrected chi connectivity index (χ3v) is 4.78. The fraction of sp³-hybridized carbons (Fsp3) is 0.400. The number of carbonyl (C=O) groups excluding carboxylic acids is 2. The minimum absolute atomic E-state index is 0.0916. The lowest BCUT2D eigenvalue weighted by Gasteiger charge is -2.22. The first-order valence-corrected chi connectivity index (χ1v) is 9.65. The zero-order chi connectivity index (χ0) is 20.6. The van der Waals surface area contributed by atoms with Crippen LogP contribution in [0.5, 0.6) is 0 Å². The molecule has 1 aromatic carbocycles. The van der Waals surface area contributed by atoms with E-state index in [1.807, 2.05) is 6.07 Å². The number of nitrogens with zero attached hydrogens (tertiary/aromatic N) is 3. The molecule has 0 unspecified atom stereocenters. The van der Waals surface area contributed by atoms with Crippen molar-refractivity contribution in [1.29, 1.82) is 5.26 Å².